The molecule has 0 bridgehead atoms. The van der Waals surface area contributed by atoms with Crippen molar-refractivity contribution < 1.29 is 24.2 Å². The molecule has 9 heteroatoms. The Morgan fingerprint density at radius 3 is 2.53 bits per heavy atom. The zero-order chi connectivity index (χ0) is 25.5. The molecule has 188 valence electrons. The van der Waals surface area contributed by atoms with E-state index in [1.165, 1.54) is 0 Å². The van der Waals surface area contributed by atoms with E-state index in [4.69, 9.17) is 31.9 Å². The molecule has 0 aliphatic heterocycles. The number of hydrogen-bond acceptors (Lipinski definition) is 6. The Hall–Kier alpha value is -3.75. The number of rotatable bonds is 11. The molecule has 1 fully saturated rings. The Kier molecular flexibility index (Phi) is 8.30. The number of benzene rings is 3. The fourth-order valence-electron chi connectivity index (χ4n) is 3.73. The Morgan fingerprint density at radius 1 is 1.08 bits per heavy atom. The van der Waals surface area contributed by atoms with Crippen LogP contribution in [0.4, 0.5) is 11.4 Å². The number of carboxylic acid groups (broad SMARTS) is 1. The molecular formula is C27H28ClN3O5. The second-order valence-electron chi connectivity index (χ2n) is 8.50. The van der Waals surface area contributed by atoms with Gasteiger partial charge in [0.2, 0.25) is 0 Å². The van der Waals surface area contributed by atoms with E-state index in [9.17, 15) is 9.59 Å². The molecule has 1 aliphatic rings. The van der Waals surface area contributed by atoms with Crippen molar-refractivity contribution in [3.63, 3.8) is 0 Å². The van der Waals surface area contributed by atoms with Crippen LogP contribution in [-0.4, -0.2) is 29.7 Å². The number of carbonyl (C=O) groups excluding carboxylic acids is 1. The molecule has 0 heterocycles. The highest BCUT2D eigenvalue weighted by Crippen LogP contribution is 2.36. The number of nitrogens with two attached hydrogens (primary N) is 1. The lowest BCUT2D eigenvalue weighted by Crippen LogP contribution is -2.25. The predicted molar refractivity (Wildman–Crippen MR) is 139 cm³/mol. The van der Waals surface area contributed by atoms with Crippen molar-refractivity contribution in [3.05, 3.63) is 82.4 Å². The molecular weight excluding hydrogens is 482 g/mol. The molecule has 5 N–H and O–H groups in total. The molecule has 0 unspecified atom stereocenters. The summed E-state index contributed by atoms with van der Waals surface area (Å²) in [6.45, 7) is 0.196. The van der Waals surface area contributed by atoms with Gasteiger partial charge in [0.25, 0.3) is 5.91 Å². The lowest BCUT2D eigenvalue weighted by molar-refractivity contribution is -0.139. The number of carbonyl (C=O) groups is 2. The van der Waals surface area contributed by atoms with Crippen LogP contribution in [0.15, 0.2) is 60.7 Å². The number of para-hydroxylation sites is 1. The lowest BCUT2D eigenvalue weighted by atomic mass is 9.96. The number of amides is 1. The molecule has 3 aromatic rings. The summed E-state index contributed by atoms with van der Waals surface area (Å²) in [5.74, 6) is -0.525. The zero-order valence-electron chi connectivity index (χ0n) is 19.6. The van der Waals surface area contributed by atoms with Crippen LogP contribution in [-0.2, 0) is 17.9 Å². The van der Waals surface area contributed by atoms with Crippen molar-refractivity contribution in [2.24, 2.45) is 5.73 Å². The van der Waals surface area contributed by atoms with E-state index in [1.807, 2.05) is 24.3 Å². The third kappa shape index (κ3) is 6.47. The van der Waals surface area contributed by atoms with Crippen molar-refractivity contribution >= 4 is 34.9 Å². The molecule has 36 heavy (non-hydrogen) atoms. The molecule has 0 radical (unpaired) electrons. The van der Waals surface area contributed by atoms with Gasteiger partial charge in [0.05, 0.1) is 11.7 Å². The molecule has 1 saturated carbocycles. The minimum absolute atomic E-state index is 0.103. The summed E-state index contributed by atoms with van der Waals surface area (Å²) in [6, 6.07) is 17.7. The SMILES string of the molecule is NCc1ccc(NC(=O)c2cc(Cl)ccc2NCc2cccc(OC3CCC3)c2OCC(=O)O)cc1. The van der Waals surface area contributed by atoms with Gasteiger partial charge in [0.1, 0.15) is 0 Å². The van der Waals surface area contributed by atoms with Crippen molar-refractivity contribution in [1.29, 1.82) is 0 Å². The molecule has 0 saturated heterocycles. The first-order chi connectivity index (χ1) is 17.4. The number of hydrogen-bond donors (Lipinski definition) is 4. The summed E-state index contributed by atoms with van der Waals surface area (Å²) in [7, 11) is 0. The fourth-order valence-corrected chi connectivity index (χ4v) is 3.90. The van der Waals surface area contributed by atoms with E-state index in [2.05, 4.69) is 10.6 Å². The van der Waals surface area contributed by atoms with Crippen LogP contribution in [0, 0.1) is 0 Å². The summed E-state index contributed by atoms with van der Waals surface area (Å²) >= 11 is 6.19. The first-order valence-corrected chi connectivity index (χ1v) is 12.1. The Bertz CT molecular complexity index is 1230. The molecule has 0 spiro atoms. The van der Waals surface area contributed by atoms with Crippen LogP contribution in [0.5, 0.6) is 11.5 Å². The Balaban J connectivity index is 1.53. The van der Waals surface area contributed by atoms with Gasteiger partial charge in [-0.1, -0.05) is 35.9 Å². The number of aliphatic carboxylic acids is 1. The van der Waals surface area contributed by atoms with Gasteiger partial charge in [-0.25, -0.2) is 4.79 Å². The maximum absolute atomic E-state index is 13.1. The third-order valence-electron chi connectivity index (χ3n) is 5.89. The van der Waals surface area contributed by atoms with Gasteiger partial charge < -0.3 is 30.9 Å². The van der Waals surface area contributed by atoms with E-state index in [0.717, 1.165) is 24.8 Å². The molecule has 1 amide bonds. The highest BCUT2D eigenvalue weighted by molar-refractivity contribution is 6.31. The van der Waals surface area contributed by atoms with Gasteiger partial charge >= 0.3 is 5.97 Å². The van der Waals surface area contributed by atoms with E-state index in [0.29, 0.717) is 45.6 Å². The van der Waals surface area contributed by atoms with E-state index >= 15 is 0 Å². The highest BCUT2D eigenvalue weighted by atomic mass is 35.5. The number of ether oxygens (including phenoxy) is 2. The van der Waals surface area contributed by atoms with Crippen LogP contribution in [0.3, 0.4) is 0 Å². The minimum atomic E-state index is -1.08. The van der Waals surface area contributed by atoms with Crippen molar-refractivity contribution in [2.45, 2.75) is 38.5 Å². The highest BCUT2D eigenvalue weighted by Gasteiger charge is 2.22. The van der Waals surface area contributed by atoms with Crippen molar-refractivity contribution in [3.8, 4) is 11.5 Å². The summed E-state index contributed by atoms with van der Waals surface area (Å²) in [4.78, 5) is 24.2. The largest absolute Gasteiger partial charge is 0.487 e. The van der Waals surface area contributed by atoms with Gasteiger partial charge in [0.15, 0.2) is 18.1 Å². The quantitative estimate of drug-likeness (QED) is 0.285. The van der Waals surface area contributed by atoms with Crippen LogP contribution < -0.4 is 25.8 Å². The second-order valence-corrected chi connectivity index (χ2v) is 8.93. The van der Waals surface area contributed by atoms with Crippen LogP contribution in [0.25, 0.3) is 0 Å². The van der Waals surface area contributed by atoms with E-state index in [-0.39, 0.29) is 18.6 Å². The average Bonchev–Trinajstić information content (AvgIpc) is 2.85. The van der Waals surface area contributed by atoms with Crippen LogP contribution in [0.2, 0.25) is 5.02 Å². The standard InChI is InChI=1S/C27H28ClN3O5/c28-19-9-12-23(22(13-19)27(34)31-20-10-7-17(14-29)8-11-20)30-15-18-3-1-6-24(36-21-4-2-5-21)26(18)35-16-25(32)33/h1,3,6-13,21,30H,2,4-5,14-16,29H2,(H,31,34)(H,32,33). The molecule has 0 aromatic heterocycles. The van der Waals surface area contributed by atoms with Gasteiger partial charge in [-0.2, -0.15) is 0 Å². The van der Waals surface area contributed by atoms with Gasteiger partial charge in [0, 0.05) is 35.1 Å². The topological polar surface area (TPSA) is 123 Å². The summed E-state index contributed by atoms with van der Waals surface area (Å²) in [5, 5.41) is 15.7. The maximum Gasteiger partial charge on any atom is 0.341 e. The first-order valence-electron chi connectivity index (χ1n) is 11.7. The van der Waals surface area contributed by atoms with Crippen LogP contribution in [0.1, 0.15) is 40.7 Å². The van der Waals surface area contributed by atoms with Crippen molar-refractivity contribution in [1.82, 2.24) is 0 Å². The minimum Gasteiger partial charge on any atom is -0.487 e. The van der Waals surface area contributed by atoms with Gasteiger partial charge in [-0.15, -0.1) is 0 Å². The average molecular weight is 510 g/mol. The Labute approximate surface area is 214 Å². The summed E-state index contributed by atoms with van der Waals surface area (Å²) < 4.78 is 11.6. The molecule has 3 aromatic carbocycles. The smallest absolute Gasteiger partial charge is 0.341 e. The molecule has 0 atom stereocenters. The van der Waals surface area contributed by atoms with Gasteiger partial charge in [-0.3, -0.25) is 4.79 Å². The normalized spacial score (nSPS) is 12.9. The third-order valence-corrected chi connectivity index (χ3v) is 6.12. The number of carboxylic acids is 1. The fraction of sp³-hybridized carbons (Fsp3) is 0.259. The zero-order valence-corrected chi connectivity index (χ0v) is 20.4. The summed E-state index contributed by atoms with van der Waals surface area (Å²) in [6.07, 6.45) is 3.12. The number of nitrogens with one attached hydrogen (secondary N) is 2. The van der Waals surface area contributed by atoms with E-state index in [1.54, 1.807) is 36.4 Å². The molecule has 1 aliphatic carbocycles. The maximum atomic E-state index is 13.1. The number of halogens is 1. The second kappa shape index (κ2) is 11.8. The van der Waals surface area contributed by atoms with Crippen LogP contribution >= 0.6 is 11.6 Å². The predicted octanol–water partition coefficient (Wildman–Crippen LogP) is 5.06. The monoisotopic (exact) mass is 509 g/mol. The Morgan fingerprint density at radius 2 is 1.86 bits per heavy atom. The number of anilines is 2. The van der Waals surface area contributed by atoms with Gasteiger partial charge in [-0.05, 0) is 61.2 Å². The summed E-state index contributed by atoms with van der Waals surface area (Å²) in [5.41, 5.74) is 8.86. The molecule has 8 nitrogen and oxygen atoms in total. The van der Waals surface area contributed by atoms with E-state index < -0.39 is 12.6 Å². The lowest BCUT2D eigenvalue weighted by Gasteiger charge is -2.28. The van der Waals surface area contributed by atoms with Crippen molar-refractivity contribution in [2.75, 3.05) is 17.2 Å². The molecule has 4 rings (SSSR count). The first kappa shape index (κ1) is 25.3.